The minimum Gasteiger partial charge on any atom is -0.845 e. The molecule has 0 unspecified atom stereocenters. The fourth-order valence-electron chi connectivity index (χ4n) is 1.35. The average Bonchev–Trinajstić information content (AvgIpc) is 2.34. The van der Waals surface area contributed by atoms with Gasteiger partial charge in [0, 0.05) is 35.8 Å². The summed E-state index contributed by atoms with van der Waals surface area (Å²) in [4.78, 5) is 59.7. The quantitative estimate of drug-likeness (QED) is 0.185. The van der Waals surface area contributed by atoms with Gasteiger partial charge in [-0.1, -0.05) is 11.2 Å². The zero-order valence-electron chi connectivity index (χ0n) is 19.5. The number of aliphatic carboxylic acids is 6. The Morgan fingerprint density at radius 2 is 0.543 bits per heavy atom. The second-order valence-electron chi connectivity index (χ2n) is 4.76. The molecule has 23 heteroatoms. The first-order chi connectivity index (χ1) is 11.6. The Balaban J connectivity index is -0.0000000291. The summed E-state index contributed by atoms with van der Waals surface area (Å²) < 4.78 is 0. The van der Waals surface area contributed by atoms with Crippen LogP contribution < -0.4 is 298 Å². The first kappa shape index (κ1) is 72.7. The van der Waals surface area contributed by atoms with Crippen molar-refractivity contribution in [3.8, 4) is 0 Å². The van der Waals surface area contributed by atoms with E-state index in [-0.39, 0.29) is 300 Å². The summed E-state index contributed by atoms with van der Waals surface area (Å²) in [6.45, 7) is 0. The summed E-state index contributed by atoms with van der Waals surface area (Å²) in [7, 11) is 0. The predicted molar refractivity (Wildman–Crippen MR) is 70.6 cm³/mol. The van der Waals surface area contributed by atoms with Gasteiger partial charge in [0.25, 0.3) is 0 Å². The number of rotatable bonds is 10. The van der Waals surface area contributed by atoms with E-state index in [2.05, 4.69) is 0 Å². The van der Waals surface area contributed by atoms with E-state index in [0.717, 1.165) is 0 Å². The standard InChI is InChI=1S/2C6H7O7.Bi.5K.3H2O/c2*7-3(8)1-6(13,5(11)12)2-4(9)10;;;;;;;;;/h2*1-2H2,(H,7,8)(H,9,10)(H,11,12);;;;;;;3*1H2/q2*-1;+3;5*+1;;;/p-6. The van der Waals surface area contributed by atoms with Crippen LogP contribution in [0.1, 0.15) is 25.7 Å². The second-order valence-corrected chi connectivity index (χ2v) is 4.76. The minimum atomic E-state index is -3.22. The molecule has 0 aliphatic heterocycles. The van der Waals surface area contributed by atoms with E-state index in [1.54, 1.807) is 0 Å². The zero-order chi connectivity index (χ0) is 21.3. The van der Waals surface area contributed by atoms with Gasteiger partial charge in [-0.2, -0.15) is 0 Å². The Labute approximate surface area is 429 Å². The van der Waals surface area contributed by atoms with Crippen LogP contribution in [0.5, 0.6) is 0 Å². The van der Waals surface area contributed by atoms with Crippen molar-refractivity contribution in [3.63, 3.8) is 0 Å². The summed E-state index contributed by atoms with van der Waals surface area (Å²) in [6.07, 6.45) is -5.88. The maximum absolute atomic E-state index is 10.9. The third-order valence-electron chi connectivity index (χ3n) is 2.46. The van der Waals surface area contributed by atoms with Crippen LogP contribution in [-0.2, 0) is 28.8 Å². The van der Waals surface area contributed by atoms with Gasteiger partial charge in [0.15, 0.2) is 0 Å². The molecule has 0 aromatic heterocycles. The van der Waals surface area contributed by atoms with E-state index in [1.807, 2.05) is 0 Å². The van der Waals surface area contributed by atoms with Gasteiger partial charge in [0.1, 0.15) is 0 Å². The van der Waals surface area contributed by atoms with Crippen molar-refractivity contribution in [3.05, 3.63) is 0 Å². The number of carbonyl (C=O) groups excluding carboxylic acids is 6. The Morgan fingerprint density at radius 3 is 0.600 bits per heavy atom. The van der Waals surface area contributed by atoms with Crippen LogP contribution in [0.15, 0.2) is 0 Å². The third kappa shape index (κ3) is 39.7. The molecule has 0 saturated heterocycles. The molecule has 0 aliphatic rings. The first-order valence-electron chi connectivity index (χ1n) is 6.19. The van der Waals surface area contributed by atoms with E-state index >= 15 is 0 Å². The maximum Gasteiger partial charge on any atom is 3.00 e. The molecule has 174 valence electrons. The summed E-state index contributed by atoms with van der Waals surface area (Å²) in [5.41, 5.74) is -6.45. The molecule has 17 nitrogen and oxygen atoms in total. The van der Waals surface area contributed by atoms with Crippen LogP contribution in [0.25, 0.3) is 0 Å². The molecule has 0 amide bonds. The second kappa shape index (κ2) is 37.7. The van der Waals surface area contributed by atoms with Gasteiger partial charge in [0.05, 0.1) is 0 Å². The number of carbonyl (C=O) groups is 6. The Hall–Kier alpha value is 5.68. The normalized spacial score (nSPS) is 8.06. The molecular formula is C12H14BiK5O17. The molecule has 0 rings (SSSR count). The fraction of sp³-hybridized carbons (Fsp3) is 0.500. The van der Waals surface area contributed by atoms with E-state index in [4.69, 9.17) is 0 Å². The van der Waals surface area contributed by atoms with E-state index in [9.17, 15) is 69.6 Å². The minimum absolute atomic E-state index is 0. The molecule has 0 bridgehead atoms. The van der Waals surface area contributed by atoms with Gasteiger partial charge in [-0.05, 0) is 25.7 Å². The van der Waals surface area contributed by atoms with Crippen LogP contribution >= 0.6 is 0 Å². The topological polar surface area (TPSA) is 381 Å². The summed E-state index contributed by atoms with van der Waals surface area (Å²) in [6, 6.07) is 0. The van der Waals surface area contributed by atoms with Crippen LogP contribution in [-0.4, -0.2) is 89.6 Å². The van der Waals surface area contributed by atoms with Crippen LogP contribution in [0.2, 0.25) is 0 Å². The molecule has 0 spiro atoms. The average molecular weight is 835 g/mol. The largest absolute Gasteiger partial charge is 3.00 e. The van der Waals surface area contributed by atoms with Gasteiger partial charge < -0.3 is 86.0 Å². The molecule has 35 heavy (non-hydrogen) atoms. The van der Waals surface area contributed by atoms with Crippen molar-refractivity contribution >= 4 is 62.0 Å². The van der Waals surface area contributed by atoms with E-state index in [1.165, 1.54) is 0 Å². The van der Waals surface area contributed by atoms with Crippen molar-refractivity contribution < 1.29 is 343 Å². The molecule has 0 fully saturated rings. The summed E-state index contributed by atoms with van der Waals surface area (Å²) in [5.74, 6) is -12.4. The SMILES string of the molecule is O.O.O.O=C([O-])CC([O-])(CC(=O)[O-])C(=O)[O-].O=C([O-])CC([O-])(CC(=O)[O-])C(=O)[O-].[Bi+3].[K+].[K+].[K+].[K+].[K+]. The summed E-state index contributed by atoms with van der Waals surface area (Å²) >= 11 is 0. The van der Waals surface area contributed by atoms with Gasteiger partial charge in [-0.25, -0.2) is 0 Å². The van der Waals surface area contributed by atoms with Crippen molar-refractivity contribution in [1.82, 2.24) is 0 Å². The molecule has 0 aromatic rings. The monoisotopic (exact) mass is 834 g/mol. The van der Waals surface area contributed by atoms with Crippen LogP contribution in [0.4, 0.5) is 0 Å². The van der Waals surface area contributed by atoms with Gasteiger partial charge in [-0.3, -0.25) is 0 Å². The molecule has 0 aromatic carbocycles. The number of carboxylic acid groups (broad SMARTS) is 6. The van der Waals surface area contributed by atoms with Crippen molar-refractivity contribution in [2.24, 2.45) is 0 Å². The Bertz CT molecular complexity index is 536. The molecule has 0 atom stereocenters. The number of carboxylic acids is 6. The number of hydrogen-bond acceptors (Lipinski definition) is 14. The fourth-order valence-corrected chi connectivity index (χ4v) is 1.35. The Morgan fingerprint density at radius 1 is 0.429 bits per heavy atom. The molecular weight excluding hydrogens is 821 g/mol. The van der Waals surface area contributed by atoms with Crippen molar-refractivity contribution in [2.45, 2.75) is 36.9 Å². The van der Waals surface area contributed by atoms with Gasteiger partial charge in [-0.15, -0.1) is 0 Å². The first-order valence-corrected chi connectivity index (χ1v) is 6.19. The molecule has 2 radical (unpaired) electrons. The smallest absolute Gasteiger partial charge is 0.845 e. The third-order valence-corrected chi connectivity index (χ3v) is 2.46. The van der Waals surface area contributed by atoms with Crippen LogP contribution in [0.3, 0.4) is 0 Å². The van der Waals surface area contributed by atoms with Crippen molar-refractivity contribution in [2.75, 3.05) is 0 Å². The van der Waals surface area contributed by atoms with Gasteiger partial charge in [0.2, 0.25) is 0 Å². The predicted octanol–water partition coefficient (Wildman–Crippen LogP) is -29.6. The molecule has 0 aliphatic carbocycles. The van der Waals surface area contributed by atoms with Crippen molar-refractivity contribution in [1.29, 1.82) is 0 Å². The molecule has 6 N–H and O–H groups in total. The zero-order valence-corrected chi connectivity index (χ0v) is 38.6. The maximum atomic E-state index is 10.9. The Kier molecular flexibility index (Phi) is 78.3. The van der Waals surface area contributed by atoms with E-state index < -0.39 is 72.7 Å². The number of hydrogen-bond donors (Lipinski definition) is 0. The van der Waals surface area contributed by atoms with Crippen LogP contribution in [0, 0.1) is 0 Å². The van der Waals surface area contributed by atoms with Gasteiger partial charge >= 0.3 is 283 Å². The molecule has 0 heterocycles. The molecule has 0 saturated carbocycles. The summed E-state index contributed by atoms with van der Waals surface area (Å²) in [5, 5.41) is 81.6. The van der Waals surface area contributed by atoms with E-state index in [0.29, 0.717) is 0 Å².